The van der Waals surface area contributed by atoms with E-state index in [0.717, 1.165) is 12.8 Å². The molecule has 0 unspecified atom stereocenters. The Bertz CT molecular complexity index is 174. The van der Waals surface area contributed by atoms with Crippen LogP contribution in [0.5, 0.6) is 0 Å². The molecule has 0 radical (unpaired) electrons. The number of hydrogen-bond acceptors (Lipinski definition) is 2. The highest BCUT2D eigenvalue weighted by atomic mass is 16.1. The SMILES string of the molecule is C#CCC(=O)C1(N)CC1. The fourth-order valence-corrected chi connectivity index (χ4v) is 0.682. The van der Waals surface area contributed by atoms with Crippen molar-refractivity contribution in [1.82, 2.24) is 0 Å². The van der Waals surface area contributed by atoms with E-state index in [1.54, 1.807) is 0 Å². The van der Waals surface area contributed by atoms with Gasteiger partial charge in [0.15, 0.2) is 5.78 Å². The molecule has 0 amide bonds. The maximum Gasteiger partial charge on any atom is 0.164 e. The molecule has 1 fully saturated rings. The van der Waals surface area contributed by atoms with E-state index in [1.165, 1.54) is 0 Å². The average molecular weight is 123 g/mol. The molecule has 2 heteroatoms. The van der Waals surface area contributed by atoms with Gasteiger partial charge in [0.1, 0.15) is 0 Å². The molecule has 0 atom stereocenters. The van der Waals surface area contributed by atoms with E-state index in [2.05, 4.69) is 5.92 Å². The van der Waals surface area contributed by atoms with E-state index >= 15 is 0 Å². The summed E-state index contributed by atoms with van der Waals surface area (Å²) in [6, 6.07) is 0. The van der Waals surface area contributed by atoms with E-state index < -0.39 is 5.54 Å². The minimum absolute atomic E-state index is 0.0185. The van der Waals surface area contributed by atoms with Crippen molar-refractivity contribution in [2.45, 2.75) is 24.8 Å². The van der Waals surface area contributed by atoms with E-state index in [1.807, 2.05) is 0 Å². The lowest BCUT2D eigenvalue weighted by molar-refractivity contribution is -0.120. The molecule has 0 saturated heterocycles. The number of ketones is 1. The smallest absolute Gasteiger partial charge is 0.164 e. The molecule has 0 aromatic heterocycles. The Labute approximate surface area is 54.4 Å². The normalized spacial score (nSPS) is 20.4. The first-order chi connectivity index (χ1) is 4.19. The van der Waals surface area contributed by atoms with Gasteiger partial charge in [-0.05, 0) is 12.8 Å². The van der Waals surface area contributed by atoms with Gasteiger partial charge in [-0.3, -0.25) is 4.79 Å². The topological polar surface area (TPSA) is 43.1 Å². The maximum atomic E-state index is 10.9. The summed E-state index contributed by atoms with van der Waals surface area (Å²) in [5.74, 6) is 2.30. The zero-order chi connectivity index (χ0) is 6.91. The van der Waals surface area contributed by atoms with Gasteiger partial charge in [-0.15, -0.1) is 6.42 Å². The summed E-state index contributed by atoms with van der Waals surface area (Å²) in [6.45, 7) is 0. The minimum atomic E-state index is -0.521. The highest BCUT2D eigenvalue weighted by Gasteiger charge is 2.44. The summed E-state index contributed by atoms with van der Waals surface area (Å²) in [7, 11) is 0. The van der Waals surface area contributed by atoms with E-state index in [0.29, 0.717) is 0 Å². The van der Waals surface area contributed by atoms with Crippen molar-refractivity contribution in [2.75, 3.05) is 0 Å². The molecular formula is C7H9NO. The Morgan fingerprint density at radius 2 is 2.33 bits per heavy atom. The van der Waals surface area contributed by atoms with Gasteiger partial charge >= 0.3 is 0 Å². The van der Waals surface area contributed by atoms with Gasteiger partial charge in [-0.1, -0.05) is 5.92 Å². The van der Waals surface area contributed by atoms with Crippen molar-refractivity contribution in [1.29, 1.82) is 0 Å². The first kappa shape index (κ1) is 6.31. The summed E-state index contributed by atoms with van der Waals surface area (Å²) in [5.41, 5.74) is 5.01. The molecule has 2 N–H and O–H groups in total. The molecule has 0 aromatic rings. The first-order valence-corrected chi connectivity index (χ1v) is 2.95. The van der Waals surface area contributed by atoms with Crippen molar-refractivity contribution in [3.05, 3.63) is 0 Å². The highest BCUT2D eigenvalue weighted by molar-refractivity contribution is 5.92. The molecule has 0 bridgehead atoms. The summed E-state index contributed by atoms with van der Waals surface area (Å²) in [5, 5.41) is 0. The molecule has 0 spiro atoms. The van der Waals surface area contributed by atoms with Crippen LogP contribution >= 0.6 is 0 Å². The Kier molecular flexibility index (Phi) is 1.30. The third-order valence-corrected chi connectivity index (χ3v) is 1.61. The Balaban J connectivity index is 2.45. The monoisotopic (exact) mass is 123 g/mol. The van der Waals surface area contributed by atoms with Crippen LogP contribution in [-0.2, 0) is 4.79 Å². The van der Waals surface area contributed by atoms with Crippen molar-refractivity contribution < 1.29 is 4.79 Å². The second-order valence-corrected chi connectivity index (χ2v) is 2.46. The fraction of sp³-hybridized carbons (Fsp3) is 0.571. The Hall–Kier alpha value is -0.810. The lowest BCUT2D eigenvalue weighted by Gasteiger charge is -2.01. The highest BCUT2D eigenvalue weighted by Crippen LogP contribution is 2.33. The molecular weight excluding hydrogens is 114 g/mol. The van der Waals surface area contributed by atoms with Gasteiger partial charge < -0.3 is 5.73 Å². The summed E-state index contributed by atoms with van der Waals surface area (Å²) < 4.78 is 0. The number of hydrogen-bond donors (Lipinski definition) is 1. The van der Waals surface area contributed by atoms with Crippen molar-refractivity contribution in [3.8, 4) is 12.3 Å². The van der Waals surface area contributed by atoms with Crippen molar-refractivity contribution in [3.63, 3.8) is 0 Å². The number of terminal acetylenes is 1. The third kappa shape index (κ3) is 1.11. The molecule has 1 aliphatic carbocycles. The van der Waals surface area contributed by atoms with Gasteiger partial charge in [-0.2, -0.15) is 0 Å². The molecule has 2 nitrogen and oxygen atoms in total. The summed E-state index contributed by atoms with van der Waals surface area (Å²) >= 11 is 0. The van der Waals surface area contributed by atoms with Gasteiger partial charge in [0.05, 0.1) is 12.0 Å². The number of carbonyl (C=O) groups is 1. The van der Waals surface area contributed by atoms with Gasteiger partial charge in [0.25, 0.3) is 0 Å². The van der Waals surface area contributed by atoms with Crippen LogP contribution in [-0.4, -0.2) is 11.3 Å². The predicted molar refractivity (Wildman–Crippen MR) is 34.6 cm³/mol. The number of nitrogens with two attached hydrogens (primary N) is 1. The predicted octanol–water partition coefficient (Wildman–Crippen LogP) is 0.0701. The minimum Gasteiger partial charge on any atom is -0.319 e. The van der Waals surface area contributed by atoms with Crippen molar-refractivity contribution in [2.24, 2.45) is 5.73 Å². The standard InChI is InChI=1S/C7H9NO/c1-2-3-6(9)7(8)4-5-7/h1H,3-5,8H2. The molecule has 1 rings (SSSR count). The van der Waals surface area contributed by atoms with E-state index in [4.69, 9.17) is 12.2 Å². The van der Waals surface area contributed by atoms with Crippen LogP contribution in [0.15, 0.2) is 0 Å². The quantitative estimate of drug-likeness (QED) is 0.528. The second-order valence-electron chi connectivity index (χ2n) is 2.46. The van der Waals surface area contributed by atoms with E-state index in [-0.39, 0.29) is 12.2 Å². The van der Waals surface area contributed by atoms with Crippen LogP contribution in [0, 0.1) is 12.3 Å². The third-order valence-electron chi connectivity index (χ3n) is 1.61. The van der Waals surface area contributed by atoms with Gasteiger partial charge in [-0.25, -0.2) is 0 Å². The van der Waals surface area contributed by atoms with Gasteiger partial charge in [0, 0.05) is 0 Å². The van der Waals surface area contributed by atoms with E-state index in [9.17, 15) is 4.79 Å². The number of carbonyl (C=O) groups excluding carboxylic acids is 1. The zero-order valence-electron chi connectivity index (χ0n) is 5.18. The number of rotatable bonds is 2. The molecule has 0 aromatic carbocycles. The second kappa shape index (κ2) is 1.85. The number of Topliss-reactive ketones (excluding diaryl/α,β-unsaturated/α-hetero) is 1. The van der Waals surface area contributed by atoms with Crippen molar-refractivity contribution >= 4 is 5.78 Å². The van der Waals surface area contributed by atoms with Crippen LogP contribution < -0.4 is 5.73 Å². The van der Waals surface area contributed by atoms with Crippen LogP contribution in [0.2, 0.25) is 0 Å². The Morgan fingerprint density at radius 3 is 2.67 bits per heavy atom. The fourth-order valence-electron chi connectivity index (χ4n) is 0.682. The average Bonchev–Trinajstić information content (AvgIpc) is 2.50. The molecule has 1 aliphatic rings. The largest absolute Gasteiger partial charge is 0.319 e. The first-order valence-electron chi connectivity index (χ1n) is 2.95. The van der Waals surface area contributed by atoms with Crippen LogP contribution in [0.1, 0.15) is 19.3 Å². The molecule has 9 heavy (non-hydrogen) atoms. The molecule has 0 aliphatic heterocycles. The molecule has 0 heterocycles. The maximum absolute atomic E-state index is 10.9. The van der Waals surface area contributed by atoms with Gasteiger partial charge in [0.2, 0.25) is 0 Å². The zero-order valence-corrected chi connectivity index (χ0v) is 5.18. The Morgan fingerprint density at radius 1 is 1.78 bits per heavy atom. The van der Waals surface area contributed by atoms with Crippen LogP contribution in [0.3, 0.4) is 0 Å². The van der Waals surface area contributed by atoms with Crippen LogP contribution in [0.4, 0.5) is 0 Å². The lowest BCUT2D eigenvalue weighted by Crippen LogP contribution is -2.32. The summed E-state index contributed by atoms with van der Waals surface area (Å²) in [6.07, 6.45) is 6.74. The lowest BCUT2D eigenvalue weighted by atomic mass is 10.1. The van der Waals surface area contributed by atoms with Crippen LogP contribution in [0.25, 0.3) is 0 Å². The summed E-state index contributed by atoms with van der Waals surface area (Å²) in [4.78, 5) is 10.9. The molecule has 48 valence electrons. The molecule has 1 saturated carbocycles.